The van der Waals surface area contributed by atoms with Crippen LogP contribution in [0.5, 0.6) is 0 Å². The quantitative estimate of drug-likeness (QED) is 0.346. The molecule has 20 heavy (non-hydrogen) atoms. The molecule has 0 N–H and O–H groups in total. The smallest absolute Gasteiger partial charge is 0.282 e. The van der Waals surface area contributed by atoms with Crippen LogP contribution in [0.4, 0.5) is 0 Å². The summed E-state index contributed by atoms with van der Waals surface area (Å²) >= 11 is 38.8. The van der Waals surface area contributed by atoms with Crippen LogP contribution in [0.2, 0.25) is 0 Å². The number of halogens is 7. The summed E-state index contributed by atoms with van der Waals surface area (Å²) in [5.74, 6) is -0.183. The third-order valence-electron chi connectivity index (χ3n) is 1.53. The molecule has 0 aliphatic heterocycles. The van der Waals surface area contributed by atoms with Crippen LogP contribution in [0, 0.1) is 5.92 Å². The Morgan fingerprint density at radius 2 is 1.30 bits per heavy atom. The van der Waals surface area contributed by atoms with Gasteiger partial charge in [-0.1, -0.05) is 95.1 Å². The minimum atomic E-state index is -4.16. The molecule has 0 amide bonds. The molecule has 4 nitrogen and oxygen atoms in total. The zero-order valence-electron chi connectivity index (χ0n) is 10.3. The highest BCUT2D eigenvalue weighted by molar-refractivity contribution is 7.48. The molecule has 0 spiro atoms. The first kappa shape index (κ1) is 22.1. The molecule has 0 aliphatic carbocycles. The van der Waals surface area contributed by atoms with Gasteiger partial charge in [-0.25, -0.2) is 4.57 Å². The summed E-state index contributed by atoms with van der Waals surface area (Å²) in [6.07, 6.45) is 0. The summed E-state index contributed by atoms with van der Waals surface area (Å²) < 4.78 is 23.4. The Morgan fingerprint density at radius 1 is 0.950 bits per heavy atom. The molecule has 0 aromatic heterocycles. The van der Waals surface area contributed by atoms with Gasteiger partial charge in [0.1, 0.15) is 18.8 Å². The zero-order chi connectivity index (χ0) is 16.2. The summed E-state index contributed by atoms with van der Waals surface area (Å²) in [7, 11) is -4.16. The molecule has 0 fully saturated rings. The molecule has 122 valence electrons. The van der Waals surface area contributed by atoms with Crippen molar-refractivity contribution in [1.82, 2.24) is 0 Å². The standard InChI is InChI=1S/C8H12Cl7O4P/c1-5(2)6(9)19-20(16,17-3-7(10,11)12)18-4-8(13,14)15/h5-6H,3-4H2,1-2H3/t6-/m0/s1. The van der Waals surface area contributed by atoms with E-state index in [1.807, 2.05) is 0 Å². The Labute approximate surface area is 152 Å². The predicted octanol–water partition coefficient (Wildman–Crippen LogP) is 6.11. The summed E-state index contributed by atoms with van der Waals surface area (Å²) in [6, 6.07) is 0. The van der Waals surface area contributed by atoms with Gasteiger partial charge < -0.3 is 0 Å². The normalized spacial score (nSPS) is 15.7. The lowest BCUT2D eigenvalue weighted by atomic mass is 10.2. The van der Waals surface area contributed by atoms with Gasteiger partial charge in [-0.3, -0.25) is 13.6 Å². The average Bonchev–Trinajstić information content (AvgIpc) is 2.22. The van der Waals surface area contributed by atoms with E-state index < -0.39 is 34.2 Å². The fraction of sp³-hybridized carbons (Fsp3) is 1.00. The van der Waals surface area contributed by atoms with Crippen molar-refractivity contribution in [3.8, 4) is 0 Å². The highest BCUT2D eigenvalue weighted by Gasteiger charge is 2.37. The molecular formula is C8H12Cl7O4P. The number of hydrogen-bond acceptors (Lipinski definition) is 4. The van der Waals surface area contributed by atoms with E-state index in [0.29, 0.717) is 0 Å². The van der Waals surface area contributed by atoms with E-state index in [-0.39, 0.29) is 5.92 Å². The van der Waals surface area contributed by atoms with Crippen LogP contribution in [0.1, 0.15) is 13.8 Å². The van der Waals surface area contributed by atoms with Crippen LogP contribution in [0.25, 0.3) is 0 Å². The van der Waals surface area contributed by atoms with Crippen molar-refractivity contribution in [2.24, 2.45) is 5.92 Å². The molecule has 0 aromatic carbocycles. The van der Waals surface area contributed by atoms with Crippen LogP contribution >= 0.6 is 89.0 Å². The second kappa shape index (κ2) is 8.84. The Balaban J connectivity index is 4.80. The molecule has 0 heterocycles. The van der Waals surface area contributed by atoms with Gasteiger partial charge >= 0.3 is 7.82 Å². The first-order valence-electron chi connectivity index (χ1n) is 5.09. The van der Waals surface area contributed by atoms with E-state index in [1.54, 1.807) is 13.8 Å². The molecule has 0 unspecified atom stereocenters. The second-order valence-corrected chi connectivity index (χ2v) is 11.0. The third-order valence-corrected chi connectivity index (χ3v) is 4.27. The predicted molar refractivity (Wildman–Crippen MR) is 85.7 cm³/mol. The number of hydrogen-bond donors (Lipinski definition) is 0. The SMILES string of the molecule is CC(C)[C@@H](Cl)OP(=O)(OCC(Cl)(Cl)Cl)OCC(Cl)(Cl)Cl. The minimum Gasteiger partial charge on any atom is -0.282 e. The van der Waals surface area contributed by atoms with Crippen LogP contribution in [0.3, 0.4) is 0 Å². The van der Waals surface area contributed by atoms with E-state index >= 15 is 0 Å². The Bertz CT molecular complexity index is 319. The third kappa shape index (κ3) is 11.7. The zero-order valence-corrected chi connectivity index (χ0v) is 16.5. The Morgan fingerprint density at radius 3 is 1.55 bits per heavy atom. The Kier molecular flexibility index (Phi) is 9.79. The van der Waals surface area contributed by atoms with Gasteiger partial charge in [-0.15, -0.1) is 0 Å². The average molecular weight is 451 g/mol. The van der Waals surface area contributed by atoms with E-state index in [9.17, 15) is 4.57 Å². The van der Waals surface area contributed by atoms with Crippen molar-refractivity contribution in [2.45, 2.75) is 27.0 Å². The maximum atomic E-state index is 12.3. The van der Waals surface area contributed by atoms with Gasteiger partial charge in [-0.05, 0) is 5.92 Å². The topological polar surface area (TPSA) is 44.8 Å². The van der Waals surface area contributed by atoms with Gasteiger partial charge in [-0.2, -0.15) is 0 Å². The van der Waals surface area contributed by atoms with Crippen molar-refractivity contribution >= 4 is 89.0 Å². The summed E-state index contributed by atoms with van der Waals surface area (Å²) in [5, 5.41) is 0. The minimum absolute atomic E-state index is 0.183. The van der Waals surface area contributed by atoms with Crippen molar-refractivity contribution in [1.29, 1.82) is 0 Å². The maximum Gasteiger partial charge on any atom is 0.476 e. The molecular weight excluding hydrogens is 439 g/mol. The van der Waals surface area contributed by atoms with E-state index in [1.165, 1.54) is 0 Å². The summed E-state index contributed by atoms with van der Waals surface area (Å²) in [5.41, 5.74) is -0.966. The highest BCUT2D eigenvalue weighted by atomic mass is 35.6. The van der Waals surface area contributed by atoms with Crippen molar-refractivity contribution in [2.75, 3.05) is 13.2 Å². The van der Waals surface area contributed by atoms with Gasteiger partial charge in [0.15, 0.2) is 0 Å². The molecule has 12 heteroatoms. The lowest BCUT2D eigenvalue weighted by Crippen LogP contribution is -2.20. The van der Waals surface area contributed by atoms with Crippen LogP contribution in [-0.2, 0) is 18.1 Å². The summed E-state index contributed by atoms with van der Waals surface area (Å²) in [6.45, 7) is 2.34. The van der Waals surface area contributed by atoms with Crippen molar-refractivity contribution < 1.29 is 18.1 Å². The number of alkyl halides is 7. The number of phosphoric acid groups is 1. The maximum absolute atomic E-state index is 12.3. The van der Waals surface area contributed by atoms with Gasteiger partial charge in [0, 0.05) is 0 Å². The van der Waals surface area contributed by atoms with Gasteiger partial charge in [0.2, 0.25) is 7.59 Å². The highest BCUT2D eigenvalue weighted by Crippen LogP contribution is 2.54. The van der Waals surface area contributed by atoms with E-state index in [2.05, 4.69) is 0 Å². The number of phosphoric ester groups is 1. The molecule has 0 aliphatic rings. The second-order valence-electron chi connectivity index (χ2n) is 3.93. The molecule has 0 rings (SSSR count). The van der Waals surface area contributed by atoms with E-state index in [0.717, 1.165) is 0 Å². The van der Waals surface area contributed by atoms with E-state index in [4.69, 9.17) is 94.8 Å². The van der Waals surface area contributed by atoms with Crippen molar-refractivity contribution in [3.05, 3.63) is 0 Å². The van der Waals surface area contributed by atoms with Crippen LogP contribution in [0.15, 0.2) is 0 Å². The lowest BCUT2D eigenvalue weighted by molar-refractivity contribution is 0.0923. The fourth-order valence-electron chi connectivity index (χ4n) is 0.648. The monoisotopic (exact) mass is 448 g/mol. The molecule has 0 saturated heterocycles. The largest absolute Gasteiger partial charge is 0.476 e. The molecule has 0 radical (unpaired) electrons. The van der Waals surface area contributed by atoms with Crippen LogP contribution in [-0.4, -0.2) is 26.4 Å². The molecule has 0 bridgehead atoms. The first-order chi connectivity index (χ1) is 8.74. The van der Waals surface area contributed by atoms with Gasteiger partial charge in [0.25, 0.3) is 0 Å². The molecule has 0 saturated carbocycles. The molecule has 1 atom stereocenters. The number of rotatable bonds is 7. The molecule has 0 aromatic rings. The van der Waals surface area contributed by atoms with Gasteiger partial charge in [0.05, 0.1) is 0 Å². The van der Waals surface area contributed by atoms with Crippen LogP contribution < -0.4 is 0 Å². The summed E-state index contributed by atoms with van der Waals surface area (Å²) in [4.78, 5) is 0. The Hall–Kier alpha value is 2.14. The first-order valence-corrected chi connectivity index (χ1v) is 9.26. The fourth-order valence-corrected chi connectivity index (χ4v) is 3.11. The van der Waals surface area contributed by atoms with Crippen molar-refractivity contribution in [3.63, 3.8) is 0 Å². The lowest BCUT2D eigenvalue weighted by Gasteiger charge is -2.24.